The number of methoxy groups -OCH3 is 2. The maximum atomic E-state index is 13.4. The zero-order valence-corrected chi connectivity index (χ0v) is 19.5. The summed E-state index contributed by atoms with van der Waals surface area (Å²) in [6.45, 7) is 1.18. The van der Waals surface area contributed by atoms with Crippen molar-refractivity contribution in [3.05, 3.63) is 65.1 Å². The minimum absolute atomic E-state index is 0.180. The number of ether oxygens (including phenoxy) is 2. The molecular weight excluding hydrogens is 439 g/mol. The zero-order valence-electron chi connectivity index (χ0n) is 19.5. The predicted octanol–water partition coefficient (Wildman–Crippen LogP) is 3.78. The van der Waals surface area contributed by atoms with Crippen molar-refractivity contribution in [3.63, 3.8) is 0 Å². The average Bonchev–Trinajstić information content (AvgIpc) is 3.19. The van der Waals surface area contributed by atoms with E-state index in [1.165, 1.54) is 19.2 Å². The topological polar surface area (TPSA) is 77.8 Å². The third-order valence-electron chi connectivity index (χ3n) is 6.50. The number of rotatable bonds is 6. The van der Waals surface area contributed by atoms with Gasteiger partial charge < -0.3 is 18.9 Å². The Morgan fingerprint density at radius 3 is 2.32 bits per heavy atom. The molecule has 0 aliphatic carbocycles. The van der Waals surface area contributed by atoms with Gasteiger partial charge in [-0.05, 0) is 48.9 Å². The number of benzene rings is 2. The van der Waals surface area contributed by atoms with Crippen molar-refractivity contribution in [2.45, 2.75) is 19.3 Å². The summed E-state index contributed by atoms with van der Waals surface area (Å²) < 4.78 is 25.0. The van der Waals surface area contributed by atoms with Gasteiger partial charge in [-0.25, -0.2) is 9.18 Å². The second kappa shape index (κ2) is 9.67. The van der Waals surface area contributed by atoms with Crippen molar-refractivity contribution >= 4 is 28.6 Å². The van der Waals surface area contributed by atoms with Gasteiger partial charge in [0.25, 0.3) is 11.7 Å². The van der Waals surface area contributed by atoms with Gasteiger partial charge in [0.05, 0.1) is 30.9 Å². The normalized spacial score (nSPS) is 14.3. The van der Waals surface area contributed by atoms with Crippen molar-refractivity contribution in [2.75, 3.05) is 27.3 Å². The highest BCUT2D eigenvalue weighted by atomic mass is 19.1. The van der Waals surface area contributed by atoms with E-state index in [2.05, 4.69) is 4.74 Å². The summed E-state index contributed by atoms with van der Waals surface area (Å²) >= 11 is 0. The number of piperidine rings is 1. The molecule has 0 bridgehead atoms. The molecule has 178 valence electrons. The van der Waals surface area contributed by atoms with E-state index in [9.17, 15) is 18.8 Å². The number of aryl methyl sites for hydroxylation is 1. The van der Waals surface area contributed by atoms with Crippen LogP contribution >= 0.6 is 0 Å². The number of esters is 1. The molecule has 1 fully saturated rings. The molecule has 0 atom stereocenters. The van der Waals surface area contributed by atoms with Crippen molar-refractivity contribution in [3.8, 4) is 5.75 Å². The minimum atomic E-state index is -0.959. The molecule has 4 rings (SSSR count). The molecule has 3 aromatic rings. The van der Waals surface area contributed by atoms with Crippen LogP contribution in [0, 0.1) is 11.7 Å². The molecule has 7 nitrogen and oxygen atoms in total. The second-order valence-electron chi connectivity index (χ2n) is 8.61. The minimum Gasteiger partial charge on any atom is -0.496 e. The van der Waals surface area contributed by atoms with E-state index in [0.717, 1.165) is 31.9 Å². The van der Waals surface area contributed by atoms with Gasteiger partial charge in [0, 0.05) is 37.8 Å². The van der Waals surface area contributed by atoms with E-state index in [4.69, 9.17) is 4.74 Å². The largest absolute Gasteiger partial charge is 0.496 e. The maximum Gasteiger partial charge on any atom is 0.379 e. The van der Waals surface area contributed by atoms with Gasteiger partial charge >= 0.3 is 5.97 Å². The van der Waals surface area contributed by atoms with Crippen LogP contribution in [0.1, 0.15) is 39.1 Å². The van der Waals surface area contributed by atoms with Crippen LogP contribution < -0.4 is 4.74 Å². The van der Waals surface area contributed by atoms with Gasteiger partial charge in [0.1, 0.15) is 11.6 Å². The van der Waals surface area contributed by atoms with Crippen LogP contribution in [0.15, 0.2) is 42.6 Å². The number of fused-ring (bicyclic) bond motifs is 1. The third-order valence-corrected chi connectivity index (χ3v) is 6.50. The molecule has 0 unspecified atom stereocenters. The van der Waals surface area contributed by atoms with E-state index >= 15 is 0 Å². The zero-order chi connectivity index (χ0) is 24.4. The number of hydrogen-bond acceptors (Lipinski definition) is 5. The number of carbonyl (C=O) groups excluding carboxylic acids is 3. The van der Waals surface area contributed by atoms with Crippen molar-refractivity contribution in [2.24, 2.45) is 13.0 Å². The summed E-state index contributed by atoms with van der Waals surface area (Å²) in [5, 5.41) is 0.494. The number of ketones is 1. The number of carbonyl (C=O) groups is 3. The molecule has 2 aromatic carbocycles. The summed E-state index contributed by atoms with van der Waals surface area (Å²) in [6, 6.07) is 9.88. The summed E-state index contributed by atoms with van der Waals surface area (Å²) in [5.41, 5.74) is 2.28. The predicted molar refractivity (Wildman–Crippen MR) is 125 cm³/mol. The van der Waals surface area contributed by atoms with Gasteiger partial charge in [-0.3, -0.25) is 9.59 Å². The van der Waals surface area contributed by atoms with E-state index in [-0.39, 0.29) is 17.3 Å². The van der Waals surface area contributed by atoms with Gasteiger partial charge in [-0.1, -0.05) is 12.1 Å². The molecule has 1 aliphatic rings. The number of Topliss-reactive ketones (excluding diaryl/α,β-unsaturated/α-hetero) is 1. The van der Waals surface area contributed by atoms with Crippen LogP contribution in [-0.4, -0.2) is 54.4 Å². The fraction of sp³-hybridized carbons (Fsp3) is 0.346. The number of aromatic nitrogens is 1. The monoisotopic (exact) mass is 466 g/mol. The molecule has 1 aliphatic heterocycles. The standard InChI is InChI=1S/C26H27FN2O5/c1-28-15-21(24(30)26(32)34-3)19-13-20(23(33-2)14-22(19)28)25(31)29-10-8-17(9-11-29)12-16-4-6-18(27)7-5-16/h4-7,13-15,17H,8-12H2,1-3H3. The van der Waals surface area contributed by atoms with Crippen LogP contribution in [0.5, 0.6) is 5.75 Å². The molecule has 2 heterocycles. The average molecular weight is 467 g/mol. The Morgan fingerprint density at radius 2 is 1.71 bits per heavy atom. The SMILES string of the molecule is COC(=O)C(=O)c1cn(C)c2cc(OC)c(C(=O)N3CCC(Cc4ccc(F)cc4)CC3)cc12. The Bertz CT molecular complexity index is 1240. The molecule has 0 N–H and O–H groups in total. The number of halogens is 1. The van der Waals surface area contributed by atoms with Crippen molar-refractivity contribution < 1.29 is 28.2 Å². The molecule has 1 saturated heterocycles. The van der Waals surface area contributed by atoms with Gasteiger partial charge in [0.2, 0.25) is 0 Å². The first-order chi connectivity index (χ1) is 16.3. The van der Waals surface area contributed by atoms with Crippen LogP contribution in [0.2, 0.25) is 0 Å². The lowest BCUT2D eigenvalue weighted by atomic mass is 9.90. The van der Waals surface area contributed by atoms with E-state index in [1.54, 1.807) is 47.0 Å². The van der Waals surface area contributed by atoms with Crippen LogP contribution in [-0.2, 0) is 23.0 Å². The number of hydrogen-bond donors (Lipinski definition) is 0. The Labute approximate surface area is 197 Å². The van der Waals surface area contributed by atoms with E-state index in [1.807, 2.05) is 0 Å². The number of nitrogens with zero attached hydrogens (tertiary/aromatic N) is 2. The van der Waals surface area contributed by atoms with Gasteiger partial charge in [-0.2, -0.15) is 0 Å². The number of amides is 1. The summed E-state index contributed by atoms with van der Waals surface area (Å²) in [5.74, 6) is -1.33. The molecule has 8 heteroatoms. The third kappa shape index (κ3) is 4.53. The van der Waals surface area contributed by atoms with Crippen LogP contribution in [0.3, 0.4) is 0 Å². The molecule has 1 aromatic heterocycles. The summed E-state index contributed by atoms with van der Waals surface area (Å²) in [6.07, 6.45) is 4.08. The first-order valence-electron chi connectivity index (χ1n) is 11.2. The fourth-order valence-electron chi connectivity index (χ4n) is 4.59. The molecule has 0 radical (unpaired) electrons. The lowest BCUT2D eigenvalue weighted by Crippen LogP contribution is -2.39. The Kier molecular flexibility index (Phi) is 6.68. The molecule has 0 saturated carbocycles. The lowest BCUT2D eigenvalue weighted by Gasteiger charge is -2.32. The molecule has 1 amide bonds. The first kappa shape index (κ1) is 23.5. The maximum absolute atomic E-state index is 13.4. The lowest BCUT2D eigenvalue weighted by molar-refractivity contribution is -0.135. The quantitative estimate of drug-likeness (QED) is 0.314. The second-order valence-corrected chi connectivity index (χ2v) is 8.61. The van der Waals surface area contributed by atoms with Gasteiger partial charge in [-0.15, -0.1) is 0 Å². The molecule has 34 heavy (non-hydrogen) atoms. The Hall–Kier alpha value is -3.68. The summed E-state index contributed by atoms with van der Waals surface area (Å²) in [4.78, 5) is 39.6. The van der Waals surface area contributed by atoms with Crippen molar-refractivity contribution in [1.82, 2.24) is 9.47 Å². The fourth-order valence-corrected chi connectivity index (χ4v) is 4.59. The molecular formula is C26H27FN2O5. The van der Waals surface area contributed by atoms with E-state index in [0.29, 0.717) is 41.2 Å². The Morgan fingerprint density at radius 1 is 1.03 bits per heavy atom. The van der Waals surface area contributed by atoms with Crippen molar-refractivity contribution in [1.29, 1.82) is 0 Å². The van der Waals surface area contributed by atoms with Crippen LogP contribution in [0.4, 0.5) is 4.39 Å². The number of likely N-dealkylation sites (tertiary alicyclic amines) is 1. The highest BCUT2D eigenvalue weighted by Crippen LogP contribution is 2.32. The van der Waals surface area contributed by atoms with E-state index < -0.39 is 11.8 Å². The Balaban J connectivity index is 1.55. The highest BCUT2D eigenvalue weighted by molar-refractivity contribution is 6.43. The van der Waals surface area contributed by atoms with Crippen LogP contribution in [0.25, 0.3) is 10.9 Å². The smallest absolute Gasteiger partial charge is 0.379 e. The molecule has 0 spiro atoms. The van der Waals surface area contributed by atoms with Gasteiger partial charge in [0.15, 0.2) is 0 Å². The first-order valence-corrected chi connectivity index (χ1v) is 11.2. The summed E-state index contributed by atoms with van der Waals surface area (Å²) in [7, 11) is 4.41. The highest BCUT2D eigenvalue weighted by Gasteiger charge is 2.28.